The van der Waals surface area contributed by atoms with Crippen molar-refractivity contribution in [2.45, 2.75) is 45.4 Å². The van der Waals surface area contributed by atoms with E-state index >= 15 is 0 Å². The van der Waals surface area contributed by atoms with Gasteiger partial charge in [0.15, 0.2) is 0 Å². The first-order valence-corrected chi connectivity index (χ1v) is 9.42. The zero-order valence-electron chi connectivity index (χ0n) is 15.7. The molecule has 2 aliphatic rings. The molecule has 6 heteroatoms. The van der Waals surface area contributed by atoms with E-state index < -0.39 is 0 Å². The Labute approximate surface area is 153 Å². The van der Waals surface area contributed by atoms with Gasteiger partial charge in [-0.2, -0.15) is 0 Å². The average Bonchev–Trinajstić information content (AvgIpc) is 3.15. The Hall–Kier alpha value is -2.05. The van der Waals surface area contributed by atoms with Crippen molar-refractivity contribution in [1.82, 2.24) is 4.57 Å². The van der Waals surface area contributed by atoms with Crippen molar-refractivity contribution in [3.8, 4) is 5.88 Å². The maximum atomic E-state index is 10.9. The molecular formula is C20H27N3O3. The van der Waals surface area contributed by atoms with E-state index in [2.05, 4.69) is 49.3 Å². The summed E-state index contributed by atoms with van der Waals surface area (Å²) in [7, 11) is 0. The third kappa shape index (κ3) is 2.97. The van der Waals surface area contributed by atoms with E-state index in [-0.39, 0.29) is 18.0 Å². The van der Waals surface area contributed by atoms with Crippen molar-refractivity contribution in [2.75, 3.05) is 31.7 Å². The van der Waals surface area contributed by atoms with Crippen LogP contribution in [-0.4, -0.2) is 53.9 Å². The number of rotatable bonds is 4. The maximum absolute atomic E-state index is 10.9. The molecule has 1 fully saturated rings. The number of anilines is 1. The SMILES string of the molecule is CC1OCCC1Nc1ccc2c(c1)c(C1=NCCOC1)c(O)n2C(C)C. The second-order valence-corrected chi connectivity index (χ2v) is 7.39. The molecule has 6 nitrogen and oxygen atoms in total. The van der Waals surface area contributed by atoms with Crippen LogP contribution in [-0.2, 0) is 9.47 Å². The van der Waals surface area contributed by atoms with Gasteiger partial charge < -0.3 is 24.5 Å². The van der Waals surface area contributed by atoms with Crippen LogP contribution in [0.5, 0.6) is 5.88 Å². The van der Waals surface area contributed by atoms with Gasteiger partial charge in [-0.15, -0.1) is 0 Å². The molecule has 1 saturated heterocycles. The number of aliphatic imine (C=N–C) groups is 1. The summed E-state index contributed by atoms with van der Waals surface area (Å²) in [5.74, 6) is 0.272. The minimum absolute atomic E-state index is 0.151. The minimum Gasteiger partial charge on any atom is -0.494 e. The first-order chi connectivity index (χ1) is 12.6. The molecule has 1 aromatic carbocycles. The Kier molecular flexibility index (Phi) is 4.63. The number of nitrogens with zero attached hydrogens (tertiary/aromatic N) is 2. The second-order valence-electron chi connectivity index (χ2n) is 7.39. The molecule has 2 N–H and O–H groups in total. The molecule has 2 aliphatic heterocycles. The third-order valence-corrected chi connectivity index (χ3v) is 5.29. The molecule has 4 rings (SSSR count). The van der Waals surface area contributed by atoms with Gasteiger partial charge in [0.2, 0.25) is 5.88 Å². The van der Waals surface area contributed by atoms with E-state index in [4.69, 9.17) is 9.47 Å². The predicted molar refractivity (Wildman–Crippen MR) is 104 cm³/mol. The number of hydrogen-bond acceptors (Lipinski definition) is 5. The number of benzene rings is 1. The van der Waals surface area contributed by atoms with E-state index in [0.29, 0.717) is 25.8 Å². The van der Waals surface area contributed by atoms with Gasteiger partial charge in [0, 0.05) is 23.7 Å². The smallest absolute Gasteiger partial charge is 0.201 e. The van der Waals surface area contributed by atoms with Gasteiger partial charge in [-0.25, -0.2) is 0 Å². The highest BCUT2D eigenvalue weighted by atomic mass is 16.5. The highest BCUT2D eigenvalue weighted by Gasteiger charge is 2.26. The average molecular weight is 357 g/mol. The summed E-state index contributed by atoms with van der Waals surface area (Å²) in [4.78, 5) is 4.61. The van der Waals surface area contributed by atoms with Gasteiger partial charge in [-0.1, -0.05) is 0 Å². The highest BCUT2D eigenvalue weighted by molar-refractivity contribution is 6.14. The summed E-state index contributed by atoms with van der Waals surface area (Å²) in [6, 6.07) is 6.73. The lowest BCUT2D eigenvalue weighted by Gasteiger charge is -2.18. The van der Waals surface area contributed by atoms with E-state index in [1.807, 2.05) is 4.57 Å². The molecular weight excluding hydrogens is 330 g/mol. The lowest BCUT2D eigenvalue weighted by molar-refractivity contribution is 0.121. The highest BCUT2D eigenvalue weighted by Crippen LogP contribution is 2.37. The number of aromatic nitrogens is 1. The second kappa shape index (κ2) is 6.93. The van der Waals surface area contributed by atoms with Gasteiger partial charge in [-0.3, -0.25) is 4.99 Å². The van der Waals surface area contributed by atoms with Crippen molar-refractivity contribution >= 4 is 22.3 Å². The van der Waals surface area contributed by atoms with Gasteiger partial charge in [0.05, 0.1) is 48.7 Å². The molecule has 0 bridgehead atoms. The van der Waals surface area contributed by atoms with Crippen LogP contribution in [0.25, 0.3) is 10.9 Å². The van der Waals surface area contributed by atoms with Crippen molar-refractivity contribution in [2.24, 2.45) is 4.99 Å². The minimum atomic E-state index is 0.151. The molecule has 2 aromatic rings. The molecule has 26 heavy (non-hydrogen) atoms. The fourth-order valence-corrected chi connectivity index (χ4v) is 3.94. The number of aromatic hydroxyl groups is 1. The fourth-order valence-electron chi connectivity index (χ4n) is 3.94. The van der Waals surface area contributed by atoms with Crippen LogP contribution in [0.4, 0.5) is 5.69 Å². The van der Waals surface area contributed by atoms with Crippen LogP contribution in [0.15, 0.2) is 23.2 Å². The monoisotopic (exact) mass is 357 g/mol. The summed E-state index contributed by atoms with van der Waals surface area (Å²) in [5.41, 5.74) is 3.68. The van der Waals surface area contributed by atoms with Gasteiger partial charge in [0.25, 0.3) is 0 Å². The van der Waals surface area contributed by atoms with Gasteiger partial charge >= 0.3 is 0 Å². The lowest BCUT2D eigenvalue weighted by Crippen LogP contribution is -2.26. The molecule has 3 heterocycles. The molecule has 2 unspecified atom stereocenters. The Morgan fingerprint density at radius 3 is 2.81 bits per heavy atom. The van der Waals surface area contributed by atoms with Crippen molar-refractivity contribution in [3.05, 3.63) is 23.8 Å². The first-order valence-electron chi connectivity index (χ1n) is 9.42. The van der Waals surface area contributed by atoms with Crippen LogP contribution in [0.1, 0.15) is 38.8 Å². The fraction of sp³-hybridized carbons (Fsp3) is 0.550. The Balaban J connectivity index is 1.81. The van der Waals surface area contributed by atoms with Crippen LogP contribution in [0.3, 0.4) is 0 Å². The van der Waals surface area contributed by atoms with Crippen LogP contribution in [0.2, 0.25) is 0 Å². The summed E-state index contributed by atoms with van der Waals surface area (Å²) < 4.78 is 13.2. The Morgan fingerprint density at radius 1 is 1.31 bits per heavy atom. The maximum Gasteiger partial charge on any atom is 0.201 e. The lowest BCUT2D eigenvalue weighted by atomic mass is 10.1. The van der Waals surface area contributed by atoms with E-state index in [1.165, 1.54) is 0 Å². The van der Waals surface area contributed by atoms with Crippen molar-refractivity contribution < 1.29 is 14.6 Å². The number of fused-ring (bicyclic) bond motifs is 1. The largest absolute Gasteiger partial charge is 0.494 e. The molecule has 0 radical (unpaired) electrons. The summed E-state index contributed by atoms with van der Waals surface area (Å²) in [5, 5.41) is 15.5. The zero-order chi connectivity index (χ0) is 18.3. The number of nitrogens with one attached hydrogen (secondary N) is 1. The van der Waals surface area contributed by atoms with Gasteiger partial charge in [-0.05, 0) is 45.4 Å². The van der Waals surface area contributed by atoms with Crippen LogP contribution in [0, 0.1) is 0 Å². The normalized spacial score (nSPS) is 23.6. The van der Waals surface area contributed by atoms with E-state index in [0.717, 1.165) is 40.9 Å². The summed E-state index contributed by atoms with van der Waals surface area (Å²) in [6.45, 7) is 8.76. The number of ether oxygens (including phenoxy) is 2. The van der Waals surface area contributed by atoms with Gasteiger partial charge in [0.1, 0.15) is 0 Å². The number of hydrogen-bond donors (Lipinski definition) is 2. The third-order valence-electron chi connectivity index (χ3n) is 5.29. The topological polar surface area (TPSA) is 68.0 Å². The molecule has 0 amide bonds. The quantitative estimate of drug-likeness (QED) is 0.881. The molecule has 0 aliphatic carbocycles. The van der Waals surface area contributed by atoms with Crippen LogP contribution >= 0.6 is 0 Å². The Bertz CT molecular complexity index is 840. The molecule has 0 saturated carbocycles. The predicted octanol–water partition coefficient (Wildman–Crippen LogP) is 3.34. The Morgan fingerprint density at radius 2 is 2.15 bits per heavy atom. The molecule has 140 valence electrons. The van der Waals surface area contributed by atoms with Crippen molar-refractivity contribution in [1.29, 1.82) is 0 Å². The summed E-state index contributed by atoms with van der Waals surface area (Å²) >= 11 is 0. The van der Waals surface area contributed by atoms with Crippen LogP contribution < -0.4 is 5.32 Å². The zero-order valence-corrected chi connectivity index (χ0v) is 15.7. The summed E-state index contributed by atoms with van der Waals surface area (Å²) in [6.07, 6.45) is 1.21. The first kappa shape index (κ1) is 17.4. The molecule has 2 atom stereocenters. The standard InChI is InChI=1S/C20H27N3O3/c1-12(2)23-18-5-4-14(22-16-6-8-26-13(16)3)10-15(18)19(20(23)24)17-11-25-9-7-21-17/h4-5,10,12-13,16,22,24H,6-9,11H2,1-3H3. The molecule has 1 aromatic heterocycles. The van der Waals surface area contributed by atoms with Crippen molar-refractivity contribution in [3.63, 3.8) is 0 Å². The van der Waals surface area contributed by atoms with E-state index in [9.17, 15) is 5.11 Å². The van der Waals surface area contributed by atoms with E-state index in [1.54, 1.807) is 0 Å². The molecule has 0 spiro atoms.